The molecule has 0 aliphatic rings. The molecule has 3 unspecified atom stereocenters. The molecule has 1 aromatic carbocycles. The lowest BCUT2D eigenvalue weighted by atomic mass is 10.0. The Morgan fingerprint density at radius 1 is 0.909 bits per heavy atom. The summed E-state index contributed by atoms with van der Waals surface area (Å²) in [4.78, 5) is 59.3. The van der Waals surface area contributed by atoms with Crippen LogP contribution in [0.3, 0.4) is 0 Å². The van der Waals surface area contributed by atoms with Crippen LogP contribution in [-0.2, 0) is 30.4 Å². The minimum absolute atomic E-state index is 0.247. The van der Waals surface area contributed by atoms with Gasteiger partial charge in [-0.2, -0.15) is 11.8 Å². The van der Waals surface area contributed by atoms with Crippen molar-refractivity contribution in [2.45, 2.75) is 43.8 Å². The van der Waals surface area contributed by atoms with Crippen LogP contribution in [0.15, 0.2) is 30.3 Å². The Hall–Kier alpha value is -3.12. The van der Waals surface area contributed by atoms with E-state index in [-0.39, 0.29) is 19.3 Å². The highest BCUT2D eigenvalue weighted by Crippen LogP contribution is 2.06. The Bertz CT molecular complexity index is 822. The van der Waals surface area contributed by atoms with Gasteiger partial charge in [0.1, 0.15) is 18.6 Å². The van der Waals surface area contributed by atoms with Gasteiger partial charge in [0, 0.05) is 6.42 Å². The van der Waals surface area contributed by atoms with Gasteiger partial charge in [0.05, 0.1) is 6.04 Å². The molecule has 1 aromatic rings. The summed E-state index contributed by atoms with van der Waals surface area (Å²) in [6.07, 6.45) is 1.67. The summed E-state index contributed by atoms with van der Waals surface area (Å²) in [7, 11) is 0. The van der Waals surface area contributed by atoms with Gasteiger partial charge in [-0.05, 0) is 36.8 Å². The summed E-state index contributed by atoms with van der Waals surface area (Å²) in [5, 5.41) is 24.8. The largest absolute Gasteiger partial charge is 0.481 e. The quantitative estimate of drug-likeness (QED) is 0.189. The molecular formula is C21H30N4O7S. The molecule has 3 atom stereocenters. The van der Waals surface area contributed by atoms with Gasteiger partial charge < -0.3 is 31.9 Å². The highest BCUT2D eigenvalue weighted by atomic mass is 32.2. The molecule has 7 N–H and O–H groups in total. The van der Waals surface area contributed by atoms with E-state index in [4.69, 9.17) is 15.9 Å². The van der Waals surface area contributed by atoms with Crippen LogP contribution in [-0.4, -0.2) is 76.6 Å². The average Bonchev–Trinajstić information content (AvgIpc) is 2.77. The fraction of sp³-hybridized carbons (Fsp3) is 0.476. The molecule has 12 heteroatoms. The maximum Gasteiger partial charge on any atom is 0.322 e. The molecule has 0 saturated heterocycles. The zero-order valence-corrected chi connectivity index (χ0v) is 19.1. The van der Waals surface area contributed by atoms with Crippen molar-refractivity contribution in [3.63, 3.8) is 0 Å². The number of aliphatic carboxylic acids is 2. The highest BCUT2D eigenvalue weighted by molar-refractivity contribution is 7.98. The molecule has 0 spiro atoms. The molecule has 3 amide bonds. The van der Waals surface area contributed by atoms with Crippen LogP contribution < -0.4 is 21.7 Å². The first-order chi connectivity index (χ1) is 15.6. The van der Waals surface area contributed by atoms with Crippen molar-refractivity contribution in [2.24, 2.45) is 5.73 Å². The van der Waals surface area contributed by atoms with E-state index in [0.717, 1.165) is 5.56 Å². The van der Waals surface area contributed by atoms with E-state index in [2.05, 4.69) is 16.0 Å². The lowest BCUT2D eigenvalue weighted by Crippen LogP contribution is -2.56. The summed E-state index contributed by atoms with van der Waals surface area (Å²) in [5.74, 6) is -4.01. The molecule has 0 heterocycles. The molecular weight excluding hydrogens is 452 g/mol. The predicted octanol–water partition coefficient (Wildman–Crippen LogP) is -0.655. The van der Waals surface area contributed by atoms with E-state index in [0.29, 0.717) is 5.75 Å². The number of nitrogens with two attached hydrogens (primary N) is 1. The van der Waals surface area contributed by atoms with Crippen LogP contribution in [0.2, 0.25) is 0 Å². The maximum absolute atomic E-state index is 12.8. The Balaban J connectivity index is 2.85. The summed E-state index contributed by atoms with van der Waals surface area (Å²) in [5.41, 5.74) is 6.85. The van der Waals surface area contributed by atoms with Crippen molar-refractivity contribution in [1.82, 2.24) is 16.0 Å². The van der Waals surface area contributed by atoms with Crippen molar-refractivity contribution in [2.75, 3.05) is 18.6 Å². The third-order valence-electron chi connectivity index (χ3n) is 4.57. The maximum atomic E-state index is 12.8. The van der Waals surface area contributed by atoms with Gasteiger partial charge in [0.25, 0.3) is 0 Å². The van der Waals surface area contributed by atoms with Crippen LogP contribution in [0.1, 0.15) is 24.8 Å². The molecule has 182 valence electrons. The molecule has 0 fully saturated rings. The van der Waals surface area contributed by atoms with Gasteiger partial charge in [-0.1, -0.05) is 30.3 Å². The summed E-state index contributed by atoms with van der Waals surface area (Å²) in [6, 6.07) is 5.94. The van der Waals surface area contributed by atoms with Crippen molar-refractivity contribution in [3.05, 3.63) is 35.9 Å². The minimum Gasteiger partial charge on any atom is -0.481 e. The second-order valence-corrected chi connectivity index (χ2v) is 8.23. The number of carboxylic acids is 2. The second kappa shape index (κ2) is 14.9. The molecule has 0 saturated carbocycles. The predicted molar refractivity (Wildman–Crippen MR) is 122 cm³/mol. The Labute approximate surface area is 195 Å². The number of amides is 3. The van der Waals surface area contributed by atoms with Crippen molar-refractivity contribution in [1.29, 1.82) is 0 Å². The van der Waals surface area contributed by atoms with Crippen molar-refractivity contribution < 1.29 is 34.2 Å². The number of hydrogen-bond donors (Lipinski definition) is 6. The van der Waals surface area contributed by atoms with E-state index < -0.39 is 60.8 Å². The van der Waals surface area contributed by atoms with E-state index in [1.54, 1.807) is 0 Å². The monoisotopic (exact) mass is 482 g/mol. The number of thioether (sulfide) groups is 1. The lowest BCUT2D eigenvalue weighted by Gasteiger charge is -2.24. The molecule has 0 aliphatic carbocycles. The molecule has 0 aromatic heterocycles. The zero-order chi connectivity index (χ0) is 24.8. The van der Waals surface area contributed by atoms with Gasteiger partial charge in [0.2, 0.25) is 17.7 Å². The standard InChI is InChI=1S/C21H30N4O7S/c1-33-10-9-16(24-19(30)14(22)11-13-5-3-2-4-6-13)21(32)25-15(7-8-17(26)27)20(31)23-12-18(28)29/h2-6,14-16H,7-12,22H2,1H3,(H,23,31)(H,24,30)(H,25,32)(H,26,27)(H,28,29). The molecule has 11 nitrogen and oxygen atoms in total. The van der Waals surface area contributed by atoms with Gasteiger partial charge in [0.15, 0.2) is 0 Å². The Kier molecular flexibility index (Phi) is 12.6. The second-order valence-electron chi connectivity index (χ2n) is 7.24. The Morgan fingerprint density at radius 3 is 2.09 bits per heavy atom. The van der Waals surface area contributed by atoms with E-state index >= 15 is 0 Å². The normalized spacial score (nSPS) is 13.3. The number of benzene rings is 1. The molecule has 0 bridgehead atoms. The first-order valence-corrected chi connectivity index (χ1v) is 11.6. The van der Waals surface area contributed by atoms with E-state index in [9.17, 15) is 24.0 Å². The van der Waals surface area contributed by atoms with Crippen LogP contribution in [0, 0.1) is 0 Å². The first kappa shape index (κ1) is 27.9. The minimum atomic E-state index is -1.29. The molecule has 0 radical (unpaired) electrons. The van der Waals surface area contributed by atoms with Crippen molar-refractivity contribution >= 4 is 41.4 Å². The smallest absolute Gasteiger partial charge is 0.322 e. The van der Waals surface area contributed by atoms with Crippen LogP contribution in [0.25, 0.3) is 0 Å². The van der Waals surface area contributed by atoms with Gasteiger partial charge in [-0.3, -0.25) is 24.0 Å². The molecule has 1 rings (SSSR count). The fourth-order valence-electron chi connectivity index (χ4n) is 2.84. The third kappa shape index (κ3) is 11.3. The highest BCUT2D eigenvalue weighted by Gasteiger charge is 2.28. The number of carbonyl (C=O) groups is 5. The van der Waals surface area contributed by atoms with E-state index in [1.807, 2.05) is 36.6 Å². The van der Waals surface area contributed by atoms with Crippen LogP contribution in [0.5, 0.6) is 0 Å². The number of nitrogens with one attached hydrogen (secondary N) is 3. The van der Waals surface area contributed by atoms with Gasteiger partial charge in [-0.15, -0.1) is 0 Å². The molecule has 0 aliphatic heterocycles. The van der Waals surface area contributed by atoms with Crippen LogP contribution in [0.4, 0.5) is 0 Å². The topological polar surface area (TPSA) is 188 Å². The fourth-order valence-corrected chi connectivity index (χ4v) is 3.31. The summed E-state index contributed by atoms with van der Waals surface area (Å²) < 4.78 is 0. The lowest BCUT2D eigenvalue weighted by molar-refractivity contribution is -0.140. The number of carboxylic acid groups (broad SMARTS) is 2. The van der Waals surface area contributed by atoms with Crippen molar-refractivity contribution in [3.8, 4) is 0 Å². The number of hydrogen-bond acceptors (Lipinski definition) is 7. The molecule has 33 heavy (non-hydrogen) atoms. The number of rotatable bonds is 15. The number of carbonyl (C=O) groups excluding carboxylic acids is 3. The third-order valence-corrected chi connectivity index (χ3v) is 5.22. The summed E-state index contributed by atoms with van der Waals surface area (Å²) in [6.45, 7) is -0.681. The van der Waals surface area contributed by atoms with Gasteiger partial charge >= 0.3 is 11.9 Å². The first-order valence-electron chi connectivity index (χ1n) is 10.2. The summed E-state index contributed by atoms with van der Waals surface area (Å²) >= 11 is 1.45. The van der Waals surface area contributed by atoms with E-state index in [1.165, 1.54) is 11.8 Å². The SMILES string of the molecule is CSCCC(NC(=O)C(N)Cc1ccccc1)C(=O)NC(CCC(=O)O)C(=O)NCC(=O)O. The average molecular weight is 483 g/mol. The van der Waals surface area contributed by atoms with Gasteiger partial charge in [-0.25, -0.2) is 0 Å². The Morgan fingerprint density at radius 2 is 1.52 bits per heavy atom. The van der Waals surface area contributed by atoms with Crippen LogP contribution >= 0.6 is 11.8 Å². The zero-order valence-electron chi connectivity index (χ0n) is 18.3.